The standard InChI is InChI=1S/C29H32Cl3N3O4S/c1-3-5-16-33-29(37)27(4-2)34(19-21-14-15-23(31)18-26(21)32)28(36)20-35(24-11-9-10-22(30)17-24)40(38,39)25-12-7-6-8-13-25/h6-15,17-18,27H,3-5,16,19-20H2,1-2H3,(H,33,37)/t27-/m0/s1. The van der Waals surface area contributed by atoms with Gasteiger partial charge in [0.2, 0.25) is 11.8 Å². The first-order chi connectivity index (χ1) is 19.1. The van der Waals surface area contributed by atoms with Gasteiger partial charge in [-0.15, -0.1) is 0 Å². The topological polar surface area (TPSA) is 86.8 Å². The van der Waals surface area contributed by atoms with E-state index in [4.69, 9.17) is 34.8 Å². The zero-order chi connectivity index (χ0) is 29.3. The van der Waals surface area contributed by atoms with Gasteiger partial charge in [0.05, 0.1) is 10.6 Å². The Kier molecular flexibility index (Phi) is 11.7. The normalized spacial score (nSPS) is 12.0. The Balaban J connectivity index is 2.05. The minimum atomic E-state index is -4.17. The van der Waals surface area contributed by atoms with Gasteiger partial charge < -0.3 is 10.2 Å². The number of halogens is 3. The lowest BCUT2D eigenvalue weighted by Gasteiger charge is -2.33. The Morgan fingerprint density at radius 3 is 2.23 bits per heavy atom. The molecule has 40 heavy (non-hydrogen) atoms. The number of anilines is 1. The second kappa shape index (κ2) is 14.7. The van der Waals surface area contributed by atoms with Crippen LogP contribution in [0.4, 0.5) is 5.69 Å². The predicted octanol–water partition coefficient (Wildman–Crippen LogP) is 6.57. The van der Waals surface area contributed by atoms with Gasteiger partial charge in [0.25, 0.3) is 10.0 Å². The van der Waals surface area contributed by atoms with E-state index in [2.05, 4.69) is 5.32 Å². The summed E-state index contributed by atoms with van der Waals surface area (Å²) >= 11 is 18.7. The third-order valence-corrected chi connectivity index (χ3v) is 8.89. The summed E-state index contributed by atoms with van der Waals surface area (Å²) in [5.74, 6) is -0.905. The fourth-order valence-electron chi connectivity index (χ4n) is 4.14. The number of unbranched alkanes of at least 4 members (excludes halogenated alkanes) is 1. The quantitative estimate of drug-likeness (QED) is 0.218. The maximum absolute atomic E-state index is 14.0. The lowest BCUT2D eigenvalue weighted by Crippen LogP contribution is -2.52. The van der Waals surface area contributed by atoms with Gasteiger partial charge >= 0.3 is 0 Å². The smallest absolute Gasteiger partial charge is 0.264 e. The number of carbonyl (C=O) groups excluding carboxylic acids is 2. The molecule has 1 N–H and O–H groups in total. The fraction of sp³-hybridized carbons (Fsp3) is 0.310. The Hall–Kier alpha value is -2.78. The molecule has 0 unspecified atom stereocenters. The molecule has 0 spiro atoms. The number of nitrogens with zero attached hydrogens (tertiary/aromatic N) is 2. The van der Waals surface area contributed by atoms with Gasteiger partial charge in [-0.05, 0) is 60.9 Å². The molecule has 0 heterocycles. The highest BCUT2D eigenvalue weighted by Crippen LogP contribution is 2.28. The molecule has 0 saturated carbocycles. The van der Waals surface area contributed by atoms with Crippen molar-refractivity contribution in [2.75, 3.05) is 17.4 Å². The summed E-state index contributed by atoms with van der Waals surface area (Å²) < 4.78 is 28.6. The largest absolute Gasteiger partial charge is 0.354 e. The molecule has 0 saturated heterocycles. The van der Waals surface area contributed by atoms with Crippen molar-refractivity contribution >= 4 is 62.3 Å². The van der Waals surface area contributed by atoms with Gasteiger partial charge in [-0.1, -0.05) is 85.4 Å². The van der Waals surface area contributed by atoms with Crippen molar-refractivity contribution < 1.29 is 18.0 Å². The van der Waals surface area contributed by atoms with Crippen LogP contribution >= 0.6 is 34.8 Å². The van der Waals surface area contributed by atoms with Gasteiger partial charge in [0, 0.05) is 28.2 Å². The van der Waals surface area contributed by atoms with E-state index < -0.39 is 28.5 Å². The van der Waals surface area contributed by atoms with E-state index >= 15 is 0 Å². The van der Waals surface area contributed by atoms with Crippen molar-refractivity contribution in [1.29, 1.82) is 0 Å². The Bertz CT molecular complexity index is 1420. The maximum atomic E-state index is 14.0. The van der Waals surface area contributed by atoms with Gasteiger partial charge in [-0.25, -0.2) is 8.42 Å². The second-order valence-electron chi connectivity index (χ2n) is 9.13. The van der Waals surface area contributed by atoms with Crippen LogP contribution in [0.25, 0.3) is 0 Å². The van der Waals surface area contributed by atoms with E-state index in [-0.39, 0.29) is 23.0 Å². The SMILES string of the molecule is CCCCNC(=O)[C@H](CC)N(Cc1ccc(Cl)cc1Cl)C(=O)CN(c1cccc(Cl)c1)S(=O)(=O)c1ccccc1. The zero-order valence-electron chi connectivity index (χ0n) is 22.3. The number of sulfonamides is 1. The molecule has 3 rings (SSSR count). The van der Waals surface area contributed by atoms with Crippen molar-refractivity contribution in [2.45, 2.75) is 50.6 Å². The first-order valence-corrected chi connectivity index (χ1v) is 15.5. The van der Waals surface area contributed by atoms with E-state index in [1.165, 1.54) is 23.1 Å². The van der Waals surface area contributed by atoms with Crippen LogP contribution in [0.1, 0.15) is 38.7 Å². The molecule has 1 atom stereocenters. The first-order valence-electron chi connectivity index (χ1n) is 12.9. The van der Waals surface area contributed by atoms with Crippen LogP contribution < -0.4 is 9.62 Å². The lowest BCUT2D eigenvalue weighted by molar-refractivity contribution is -0.140. The highest BCUT2D eigenvalue weighted by atomic mass is 35.5. The van der Waals surface area contributed by atoms with E-state index in [9.17, 15) is 18.0 Å². The zero-order valence-corrected chi connectivity index (χ0v) is 25.4. The summed E-state index contributed by atoms with van der Waals surface area (Å²) in [5, 5.41) is 3.96. The molecule has 7 nitrogen and oxygen atoms in total. The van der Waals surface area contributed by atoms with Gasteiger partial charge in [0.1, 0.15) is 12.6 Å². The third-order valence-electron chi connectivity index (χ3n) is 6.28. The maximum Gasteiger partial charge on any atom is 0.264 e. The van der Waals surface area contributed by atoms with Crippen LogP contribution in [-0.2, 0) is 26.2 Å². The Morgan fingerprint density at radius 2 is 1.60 bits per heavy atom. The molecule has 0 aliphatic rings. The van der Waals surface area contributed by atoms with Gasteiger partial charge in [0.15, 0.2) is 0 Å². The predicted molar refractivity (Wildman–Crippen MR) is 161 cm³/mol. The molecule has 2 amide bonds. The molecular weight excluding hydrogens is 593 g/mol. The van der Waals surface area contributed by atoms with Crippen LogP contribution in [0.2, 0.25) is 15.1 Å². The number of benzene rings is 3. The summed E-state index contributed by atoms with van der Waals surface area (Å²) in [5.41, 5.74) is 0.786. The minimum absolute atomic E-state index is 0.0134. The lowest BCUT2D eigenvalue weighted by atomic mass is 10.1. The van der Waals surface area contributed by atoms with E-state index in [1.807, 2.05) is 6.92 Å². The number of nitrogens with one attached hydrogen (secondary N) is 1. The molecule has 3 aromatic carbocycles. The molecule has 214 valence electrons. The van der Waals surface area contributed by atoms with E-state index in [0.29, 0.717) is 33.6 Å². The summed E-state index contributed by atoms with van der Waals surface area (Å²) in [4.78, 5) is 28.7. The number of hydrogen-bond donors (Lipinski definition) is 1. The average Bonchev–Trinajstić information content (AvgIpc) is 2.93. The van der Waals surface area contributed by atoms with Crippen LogP contribution in [0, 0.1) is 0 Å². The van der Waals surface area contributed by atoms with Gasteiger partial charge in [-0.3, -0.25) is 13.9 Å². The Morgan fingerprint density at radius 1 is 0.900 bits per heavy atom. The summed E-state index contributed by atoms with van der Waals surface area (Å²) in [6, 6.07) is 18.1. The molecule has 0 aromatic heterocycles. The second-order valence-corrected chi connectivity index (χ2v) is 12.3. The van der Waals surface area contributed by atoms with Crippen molar-refractivity contribution in [2.24, 2.45) is 0 Å². The third kappa shape index (κ3) is 8.13. The van der Waals surface area contributed by atoms with Crippen LogP contribution in [-0.4, -0.2) is 44.3 Å². The molecule has 0 radical (unpaired) electrons. The van der Waals surface area contributed by atoms with Crippen molar-refractivity contribution in [3.8, 4) is 0 Å². The molecule has 0 fully saturated rings. The van der Waals surface area contributed by atoms with Crippen molar-refractivity contribution in [3.05, 3.63) is 93.4 Å². The monoisotopic (exact) mass is 623 g/mol. The van der Waals surface area contributed by atoms with E-state index in [0.717, 1.165) is 17.1 Å². The fourth-order valence-corrected chi connectivity index (χ4v) is 6.22. The van der Waals surface area contributed by atoms with Crippen LogP contribution in [0.5, 0.6) is 0 Å². The molecule has 3 aromatic rings. The summed E-state index contributed by atoms with van der Waals surface area (Å²) in [6.07, 6.45) is 1.99. The number of hydrogen-bond acceptors (Lipinski definition) is 4. The molecule has 11 heteroatoms. The molecule has 0 aliphatic carbocycles. The minimum Gasteiger partial charge on any atom is -0.354 e. The average molecular weight is 625 g/mol. The van der Waals surface area contributed by atoms with Crippen LogP contribution in [0.3, 0.4) is 0 Å². The number of rotatable bonds is 13. The summed E-state index contributed by atoms with van der Waals surface area (Å²) in [6.45, 7) is 3.68. The highest BCUT2D eigenvalue weighted by molar-refractivity contribution is 7.92. The van der Waals surface area contributed by atoms with Crippen LogP contribution in [0.15, 0.2) is 77.7 Å². The number of amides is 2. The van der Waals surface area contributed by atoms with Crippen molar-refractivity contribution in [1.82, 2.24) is 10.2 Å². The first kappa shape index (κ1) is 31.7. The van der Waals surface area contributed by atoms with E-state index in [1.54, 1.807) is 61.5 Å². The summed E-state index contributed by atoms with van der Waals surface area (Å²) in [7, 11) is -4.17. The molecule has 0 bridgehead atoms. The Labute approximate surface area is 251 Å². The number of carbonyl (C=O) groups is 2. The van der Waals surface area contributed by atoms with Crippen molar-refractivity contribution in [3.63, 3.8) is 0 Å². The molecular formula is C29H32Cl3N3O4S. The molecule has 0 aliphatic heterocycles. The highest BCUT2D eigenvalue weighted by Gasteiger charge is 2.34. The van der Waals surface area contributed by atoms with Gasteiger partial charge in [-0.2, -0.15) is 0 Å².